The lowest BCUT2D eigenvalue weighted by molar-refractivity contribution is -0.672. The van der Waals surface area contributed by atoms with Crippen LogP contribution in [0, 0.1) is 0 Å². The number of pyridine rings is 1. The zero-order valence-electron chi connectivity index (χ0n) is 6.31. The lowest BCUT2D eigenvalue weighted by Gasteiger charge is -1.88. The Bertz CT molecular complexity index is 250. The molecule has 0 saturated heterocycles. The molecule has 0 aliphatic heterocycles. The maximum absolute atomic E-state index is 8.20. The molecule has 3 radical (unpaired) electrons. The fraction of sp³-hybridized carbons (Fsp3) is 0.143. The lowest BCUT2D eigenvalue weighted by atomic mass is 10.4. The average Bonchev–Trinajstić information content (AvgIpc) is 1.94. The van der Waals surface area contributed by atoms with Crippen LogP contribution in [0.5, 0.6) is 0 Å². The first-order valence-electron chi connectivity index (χ1n) is 2.96. The molecule has 1 aromatic rings. The summed E-state index contributed by atoms with van der Waals surface area (Å²) in [7, 11) is 1.89. The molecule has 0 amide bonds. The number of hydrogen-bond donors (Lipinski definition) is 1. The van der Waals surface area contributed by atoms with E-state index in [-0.39, 0.29) is 17.4 Å². The Morgan fingerprint density at radius 2 is 2.27 bits per heavy atom. The summed E-state index contributed by atoms with van der Waals surface area (Å²) in [5.41, 5.74) is 0.866. The number of rotatable bonds is 1. The van der Waals surface area contributed by atoms with Gasteiger partial charge in [0.05, 0.1) is 0 Å². The zero-order chi connectivity index (χ0) is 7.40. The van der Waals surface area contributed by atoms with E-state index in [1.54, 1.807) is 0 Å². The van der Waals surface area contributed by atoms with E-state index in [1.807, 2.05) is 36.0 Å². The highest BCUT2D eigenvalue weighted by molar-refractivity contribution is 5.75. The molecule has 0 aliphatic rings. The molecule has 0 bridgehead atoms. The van der Waals surface area contributed by atoms with Crippen LogP contribution >= 0.6 is 0 Å². The van der Waals surface area contributed by atoms with Gasteiger partial charge in [-0.1, -0.05) is 5.16 Å². The van der Waals surface area contributed by atoms with Crippen molar-refractivity contribution in [3.05, 3.63) is 30.1 Å². The van der Waals surface area contributed by atoms with Gasteiger partial charge >= 0.3 is 0 Å². The van der Waals surface area contributed by atoms with Gasteiger partial charge in [0, 0.05) is 29.5 Å². The molecule has 0 fully saturated rings. The van der Waals surface area contributed by atoms with E-state index in [0.29, 0.717) is 0 Å². The van der Waals surface area contributed by atoms with Gasteiger partial charge < -0.3 is 5.21 Å². The van der Waals surface area contributed by atoms with Crippen LogP contribution in [0.1, 0.15) is 5.69 Å². The van der Waals surface area contributed by atoms with Crippen molar-refractivity contribution < 1.29 is 9.77 Å². The number of aromatic nitrogens is 1. The molecule has 0 aliphatic carbocycles. The van der Waals surface area contributed by atoms with Crippen LogP contribution in [-0.4, -0.2) is 28.8 Å². The smallest absolute Gasteiger partial charge is 0.226 e. The number of nitrogens with zero attached hydrogens (tertiary/aromatic N) is 2. The summed E-state index contributed by atoms with van der Waals surface area (Å²) in [6, 6.07) is 5.66. The summed E-state index contributed by atoms with van der Waals surface area (Å²) >= 11 is 0. The van der Waals surface area contributed by atoms with Gasteiger partial charge in [-0.25, -0.2) is 4.57 Å². The molecule has 1 aromatic heterocycles. The Labute approximate surface area is 76.1 Å². The van der Waals surface area contributed by atoms with Gasteiger partial charge in [-0.05, 0) is 6.07 Å². The first kappa shape index (κ1) is 10.2. The van der Waals surface area contributed by atoms with E-state index >= 15 is 0 Å². The predicted octanol–water partition coefficient (Wildman–Crippen LogP) is -0.0616. The van der Waals surface area contributed by atoms with E-state index in [0.717, 1.165) is 5.69 Å². The van der Waals surface area contributed by atoms with Crippen LogP contribution in [-0.2, 0) is 7.05 Å². The fourth-order valence-corrected chi connectivity index (χ4v) is 0.730. The van der Waals surface area contributed by atoms with Crippen LogP contribution in [0.15, 0.2) is 29.6 Å². The molecule has 0 unspecified atom stereocenters. The first-order chi connectivity index (χ1) is 4.84. The Hall–Kier alpha value is -0.848. The minimum atomic E-state index is 0. The van der Waals surface area contributed by atoms with Crippen LogP contribution in [0.4, 0.5) is 0 Å². The molecule has 55 valence electrons. The third-order valence-corrected chi connectivity index (χ3v) is 1.29. The van der Waals surface area contributed by atoms with Gasteiger partial charge in [-0.3, -0.25) is 0 Å². The lowest BCUT2D eigenvalue weighted by Crippen LogP contribution is -2.32. The summed E-state index contributed by atoms with van der Waals surface area (Å²) < 4.78 is 1.86. The highest BCUT2D eigenvalue weighted by Crippen LogP contribution is 1.84. The van der Waals surface area contributed by atoms with Crippen molar-refractivity contribution >= 4 is 23.6 Å². The van der Waals surface area contributed by atoms with Crippen molar-refractivity contribution in [3.63, 3.8) is 0 Å². The molecule has 0 aromatic carbocycles. The topological polar surface area (TPSA) is 36.5 Å². The van der Waals surface area contributed by atoms with E-state index < -0.39 is 0 Å². The van der Waals surface area contributed by atoms with Crippen molar-refractivity contribution in [2.75, 3.05) is 0 Å². The van der Waals surface area contributed by atoms with Gasteiger partial charge in [0.1, 0.15) is 13.3 Å². The second-order valence-corrected chi connectivity index (χ2v) is 1.98. The third-order valence-electron chi connectivity index (χ3n) is 1.29. The van der Waals surface area contributed by atoms with E-state index in [1.165, 1.54) is 6.21 Å². The minimum absolute atomic E-state index is 0. The maximum Gasteiger partial charge on any atom is 0.226 e. The SMILES string of the molecule is C[n+]1ccccc1C=NO.[Al]. The summed E-state index contributed by atoms with van der Waals surface area (Å²) in [5, 5.41) is 11.1. The normalized spacial score (nSPS) is 9.55. The van der Waals surface area contributed by atoms with Crippen LogP contribution in [0.2, 0.25) is 0 Å². The Kier molecular flexibility index (Phi) is 4.51. The molecular weight excluding hydrogens is 155 g/mol. The largest absolute Gasteiger partial charge is 0.411 e. The average molecular weight is 164 g/mol. The molecule has 11 heavy (non-hydrogen) atoms. The Morgan fingerprint density at radius 3 is 2.82 bits per heavy atom. The predicted molar refractivity (Wildman–Crippen MR) is 42.8 cm³/mol. The molecule has 4 heteroatoms. The quantitative estimate of drug-likeness (QED) is 0.204. The van der Waals surface area contributed by atoms with Gasteiger partial charge in [0.15, 0.2) is 6.20 Å². The summed E-state index contributed by atoms with van der Waals surface area (Å²) in [6.45, 7) is 0. The van der Waals surface area contributed by atoms with Crippen molar-refractivity contribution in [2.24, 2.45) is 12.2 Å². The molecular formula is C7H9AlN2O+. The van der Waals surface area contributed by atoms with Crippen molar-refractivity contribution in [1.29, 1.82) is 0 Å². The van der Waals surface area contributed by atoms with Crippen molar-refractivity contribution in [1.82, 2.24) is 0 Å². The van der Waals surface area contributed by atoms with E-state index in [9.17, 15) is 0 Å². The minimum Gasteiger partial charge on any atom is -0.411 e. The molecule has 0 atom stereocenters. The number of hydrogen-bond acceptors (Lipinski definition) is 2. The van der Waals surface area contributed by atoms with Crippen molar-refractivity contribution in [2.45, 2.75) is 0 Å². The molecule has 0 saturated carbocycles. The second-order valence-electron chi connectivity index (χ2n) is 1.98. The summed E-state index contributed by atoms with van der Waals surface area (Å²) in [6.07, 6.45) is 3.27. The molecule has 1 rings (SSSR count). The number of aryl methyl sites for hydroxylation is 1. The van der Waals surface area contributed by atoms with Crippen LogP contribution in [0.3, 0.4) is 0 Å². The first-order valence-corrected chi connectivity index (χ1v) is 2.96. The zero-order valence-corrected chi connectivity index (χ0v) is 7.46. The molecule has 0 spiro atoms. The highest BCUT2D eigenvalue weighted by atomic mass is 27.0. The Balaban J connectivity index is 0.000001000. The molecule has 1 heterocycles. The second kappa shape index (κ2) is 4.89. The maximum atomic E-state index is 8.20. The highest BCUT2D eigenvalue weighted by Gasteiger charge is 1.98. The summed E-state index contributed by atoms with van der Waals surface area (Å²) in [5.74, 6) is 0. The van der Waals surface area contributed by atoms with E-state index in [4.69, 9.17) is 5.21 Å². The van der Waals surface area contributed by atoms with Crippen LogP contribution < -0.4 is 4.57 Å². The van der Waals surface area contributed by atoms with Gasteiger partial charge in [-0.2, -0.15) is 0 Å². The monoisotopic (exact) mass is 164 g/mol. The van der Waals surface area contributed by atoms with Crippen LogP contribution in [0.25, 0.3) is 0 Å². The third kappa shape index (κ3) is 2.71. The Morgan fingerprint density at radius 1 is 1.55 bits per heavy atom. The fourth-order valence-electron chi connectivity index (χ4n) is 0.730. The van der Waals surface area contributed by atoms with Crippen molar-refractivity contribution in [3.8, 4) is 0 Å². The molecule has 3 nitrogen and oxygen atoms in total. The summed E-state index contributed by atoms with van der Waals surface area (Å²) in [4.78, 5) is 0. The van der Waals surface area contributed by atoms with Gasteiger partial charge in [-0.15, -0.1) is 0 Å². The number of oxime groups is 1. The van der Waals surface area contributed by atoms with Gasteiger partial charge in [0.25, 0.3) is 0 Å². The van der Waals surface area contributed by atoms with Gasteiger partial charge in [0.2, 0.25) is 5.69 Å². The molecule has 1 N–H and O–H groups in total. The van der Waals surface area contributed by atoms with E-state index in [2.05, 4.69) is 5.16 Å². The standard InChI is InChI=1S/C7H8N2O.Al/c1-9-5-3-2-4-7(9)6-8-10;/h2-6H,1H3;/p+1.